The Balaban J connectivity index is 0.00000406. The van der Waals surface area contributed by atoms with Gasteiger partial charge in [0.15, 0.2) is 0 Å². The topological polar surface area (TPSA) is 59.7 Å². The van der Waals surface area contributed by atoms with Crippen LogP contribution in [0.2, 0.25) is 0 Å². The van der Waals surface area contributed by atoms with Crippen LogP contribution in [0, 0.1) is 13.8 Å². The maximum atomic E-state index is 5.05. The van der Waals surface area contributed by atoms with Crippen LogP contribution in [-0.4, -0.2) is 32.2 Å². The number of unbranched alkanes of at least 4 members (excludes halogenated alkanes) is 1. The van der Waals surface area contributed by atoms with Gasteiger partial charge in [0.05, 0.1) is 33.8 Å². The van der Waals surface area contributed by atoms with Gasteiger partial charge in [-0.2, -0.15) is 0 Å². The summed E-state index contributed by atoms with van der Waals surface area (Å²) in [7, 11) is 0. The van der Waals surface area contributed by atoms with Crippen LogP contribution >= 0.6 is 12.4 Å². The van der Waals surface area contributed by atoms with E-state index in [4.69, 9.17) is 9.97 Å². The molecule has 0 fully saturated rings. The molecule has 0 amide bonds. The Bertz CT molecular complexity index is 2240. The maximum Gasteiger partial charge on any atom is 0.0711 e. The molecule has 8 rings (SSSR count). The lowest BCUT2D eigenvalue weighted by Gasteiger charge is -2.11. The predicted molar refractivity (Wildman–Crippen MR) is 215 cm³/mol. The molecule has 0 atom stereocenters. The second kappa shape index (κ2) is 15.5. The third kappa shape index (κ3) is 7.13. The molecule has 0 aliphatic rings. The van der Waals surface area contributed by atoms with Gasteiger partial charge in [-0.1, -0.05) is 97.1 Å². The quantitative estimate of drug-likeness (QED) is 0.118. The van der Waals surface area contributed by atoms with E-state index in [9.17, 15) is 0 Å². The number of pyridine rings is 2. The Hall–Kier alpha value is -5.01. The fraction of sp³-hybridized carbons (Fsp3) is 0.227. The molecule has 0 aliphatic heterocycles. The van der Waals surface area contributed by atoms with Crippen molar-refractivity contribution >= 4 is 56.0 Å². The Morgan fingerprint density at radius 3 is 1.31 bits per heavy atom. The molecule has 0 saturated carbocycles. The first-order valence-corrected chi connectivity index (χ1v) is 17.9. The fourth-order valence-corrected chi connectivity index (χ4v) is 7.64. The second-order valence-electron chi connectivity index (χ2n) is 13.4. The largest absolute Gasteiger partial charge is 0.334 e. The smallest absolute Gasteiger partial charge is 0.0711 e. The monoisotopic (exact) mass is 692 g/mol. The van der Waals surface area contributed by atoms with E-state index in [1.807, 2.05) is 0 Å². The molecule has 4 aromatic heterocycles. The van der Waals surface area contributed by atoms with E-state index in [0.717, 1.165) is 74.9 Å². The minimum atomic E-state index is 0. The summed E-state index contributed by atoms with van der Waals surface area (Å²) in [4.78, 5) is 10.1. The molecule has 51 heavy (non-hydrogen) atoms. The Kier molecular flexibility index (Phi) is 10.5. The summed E-state index contributed by atoms with van der Waals surface area (Å²) in [6, 6.07) is 43.4. The van der Waals surface area contributed by atoms with Gasteiger partial charge in [0.1, 0.15) is 0 Å². The van der Waals surface area contributed by atoms with Crippen LogP contribution in [0.25, 0.3) is 43.6 Å². The van der Waals surface area contributed by atoms with Crippen LogP contribution in [-0.2, 0) is 26.2 Å². The zero-order valence-corrected chi connectivity index (χ0v) is 30.2. The number of nitrogens with zero attached hydrogens (tertiary/aromatic N) is 4. The summed E-state index contributed by atoms with van der Waals surface area (Å²) >= 11 is 0. The first kappa shape index (κ1) is 34.4. The van der Waals surface area contributed by atoms with Crippen LogP contribution in [0.3, 0.4) is 0 Å². The van der Waals surface area contributed by atoms with Gasteiger partial charge in [-0.05, 0) is 75.2 Å². The van der Waals surface area contributed by atoms with Crippen molar-refractivity contribution in [3.63, 3.8) is 0 Å². The van der Waals surface area contributed by atoms with Crippen molar-refractivity contribution < 1.29 is 0 Å². The van der Waals surface area contributed by atoms with Gasteiger partial charge in [0, 0.05) is 58.8 Å². The van der Waals surface area contributed by atoms with E-state index in [2.05, 4.69) is 155 Å². The normalized spacial score (nSPS) is 11.6. The lowest BCUT2D eigenvalue weighted by molar-refractivity contribution is 0.576. The molecule has 258 valence electrons. The van der Waals surface area contributed by atoms with E-state index in [0.29, 0.717) is 0 Å². The summed E-state index contributed by atoms with van der Waals surface area (Å²) in [5, 5.41) is 12.4. The standard InChI is InChI=1S/C44H44N6.ClH/c1-31-43-39(37-19-9-11-21-41(37)49(43)29-33-15-5-3-6-16-33)25-35(47-31)27-45-23-13-14-24-46-28-36-26-40-38-20-10-12-22-42(38)50(44(40)32(2)48-36)30-34-17-7-4-8-18-34;/h3-12,15-22,25-26,45-46H,13-14,23-24,27-30H2,1-2H3;1H. The molecular weight excluding hydrogens is 648 g/mol. The predicted octanol–water partition coefficient (Wildman–Crippen LogP) is 9.49. The van der Waals surface area contributed by atoms with Gasteiger partial charge in [0.25, 0.3) is 0 Å². The summed E-state index contributed by atoms with van der Waals surface area (Å²) in [5.41, 5.74) is 11.9. The van der Waals surface area contributed by atoms with Gasteiger partial charge in [-0.15, -0.1) is 12.4 Å². The summed E-state index contributed by atoms with van der Waals surface area (Å²) < 4.78 is 4.84. The average molecular weight is 693 g/mol. The number of halogens is 1. The molecule has 7 heteroatoms. The third-order valence-corrected chi connectivity index (χ3v) is 9.89. The number of hydrogen-bond donors (Lipinski definition) is 2. The lowest BCUT2D eigenvalue weighted by Crippen LogP contribution is -2.19. The van der Waals surface area contributed by atoms with E-state index in [1.165, 1.54) is 54.7 Å². The first-order chi connectivity index (χ1) is 24.6. The average Bonchev–Trinajstić information content (AvgIpc) is 3.63. The molecule has 0 spiro atoms. The Morgan fingerprint density at radius 2 is 0.882 bits per heavy atom. The van der Waals surface area contributed by atoms with Gasteiger partial charge in [0.2, 0.25) is 0 Å². The van der Waals surface area contributed by atoms with Crippen molar-refractivity contribution in [2.75, 3.05) is 13.1 Å². The number of fused-ring (bicyclic) bond motifs is 6. The number of rotatable bonds is 13. The highest BCUT2D eigenvalue weighted by molar-refractivity contribution is 6.09. The molecule has 0 bridgehead atoms. The zero-order chi connectivity index (χ0) is 33.9. The number of aromatic nitrogens is 4. The minimum absolute atomic E-state index is 0. The molecule has 0 radical (unpaired) electrons. The second-order valence-corrected chi connectivity index (χ2v) is 13.4. The highest BCUT2D eigenvalue weighted by Gasteiger charge is 2.16. The summed E-state index contributed by atoms with van der Waals surface area (Å²) in [5.74, 6) is 0. The van der Waals surface area contributed by atoms with Crippen LogP contribution in [0.5, 0.6) is 0 Å². The van der Waals surface area contributed by atoms with Crippen molar-refractivity contribution in [3.05, 3.63) is 155 Å². The number of nitrogens with one attached hydrogen (secondary N) is 2. The van der Waals surface area contributed by atoms with Crippen LogP contribution in [0.4, 0.5) is 0 Å². The van der Waals surface area contributed by atoms with Crippen molar-refractivity contribution in [2.45, 2.75) is 52.9 Å². The number of aryl methyl sites for hydroxylation is 2. The third-order valence-electron chi connectivity index (χ3n) is 9.89. The van der Waals surface area contributed by atoms with E-state index >= 15 is 0 Å². The molecule has 0 unspecified atom stereocenters. The number of hydrogen-bond acceptors (Lipinski definition) is 4. The zero-order valence-electron chi connectivity index (χ0n) is 29.4. The van der Waals surface area contributed by atoms with E-state index in [1.54, 1.807) is 0 Å². The van der Waals surface area contributed by atoms with Crippen molar-refractivity contribution in [1.29, 1.82) is 0 Å². The fourth-order valence-electron chi connectivity index (χ4n) is 7.64. The summed E-state index contributed by atoms with van der Waals surface area (Å²) in [6.07, 6.45) is 2.20. The molecule has 8 aromatic rings. The highest BCUT2D eigenvalue weighted by atomic mass is 35.5. The molecular formula is C44H45ClN6. The molecule has 2 N–H and O–H groups in total. The first-order valence-electron chi connectivity index (χ1n) is 17.9. The molecule has 6 nitrogen and oxygen atoms in total. The van der Waals surface area contributed by atoms with Crippen molar-refractivity contribution in [1.82, 2.24) is 29.7 Å². The maximum absolute atomic E-state index is 5.05. The lowest BCUT2D eigenvalue weighted by atomic mass is 10.1. The number of benzene rings is 4. The van der Waals surface area contributed by atoms with Crippen LogP contribution in [0.1, 0.15) is 46.7 Å². The molecule has 4 heterocycles. The highest BCUT2D eigenvalue weighted by Crippen LogP contribution is 2.33. The van der Waals surface area contributed by atoms with Gasteiger partial charge >= 0.3 is 0 Å². The molecule has 4 aromatic carbocycles. The minimum Gasteiger partial charge on any atom is -0.334 e. The molecule has 0 aliphatic carbocycles. The Labute approximate surface area is 306 Å². The van der Waals surface area contributed by atoms with Crippen molar-refractivity contribution in [3.8, 4) is 0 Å². The summed E-state index contributed by atoms with van der Waals surface area (Å²) in [6.45, 7) is 9.42. The molecule has 0 saturated heterocycles. The number of para-hydroxylation sites is 2. The van der Waals surface area contributed by atoms with E-state index in [-0.39, 0.29) is 12.4 Å². The van der Waals surface area contributed by atoms with Gasteiger partial charge in [-0.25, -0.2) is 0 Å². The van der Waals surface area contributed by atoms with Gasteiger partial charge < -0.3 is 19.8 Å². The van der Waals surface area contributed by atoms with Crippen LogP contribution in [0.15, 0.2) is 121 Å². The van der Waals surface area contributed by atoms with Gasteiger partial charge in [-0.3, -0.25) is 9.97 Å². The van der Waals surface area contributed by atoms with Crippen LogP contribution < -0.4 is 10.6 Å². The SMILES string of the molecule is Cc1nc(CNCCCCNCc2cc3c4ccccc4n(Cc4ccccc4)c3c(C)n2)cc2c3ccccc3n(Cc3ccccc3)c12.Cl. The van der Waals surface area contributed by atoms with E-state index < -0.39 is 0 Å². The van der Waals surface area contributed by atoms with Crippen molar-refractivity contribution in [2.24, 2.45) is 0 Å². The Morgan fingerprint density at radius 1 is 0.490 bits per heavy atom.